The monoisotopic (exact) mass is 444 g/mol. The topological polar surface area (TPSA) is 165 Å². The van der Waals surface area contributed by atoms with Crippen molar-refractivity contribution in [2.24, 2.45) is 23.1 Å². The van der Waals surface area contributed by atoms with Crippen LogP contribution in [0.4, 0.5) is 0 Å². The summed E-state index contributed by atoms with van der Waals surface area (Å²) in [6.07, 6.45) is 8.79. The lowest BCUT2D eigenvalue weighted by Gasteiger charge is -2.12. The molecule has 0 rings (SSSR count). The quantitative estimate of drug-likeness (QED) is 0.171. The summed E-state index contributed by atoms with van der Waals surface area (Å²) in [5.41, 5.74) is 15.8. The highest BCUT2D eigenvalue weighted by molar-refractivity contribution is 5.76. The van der Waals surface area contributed by atoms with Crippen LogP contribution in [0.5, 0.6) is 0 Å². The maximum Gasteiger partial charge on any atom is 0.220 e. The van der Waals surface area contributed by atoms with E-state index in [1.165, 1.54) is 19.3 Å². The van der Waals surface area contributed by atoms with E-state index < -0.39 is 0 Å². The minimum Gasteiger partial charge on any atom is -0.355 e. The number of rotatable bonds is 18. The molecule has 0 fully saturated rings. The van der Waals surface area contributed by atoms with Gasteiger partial charge in [-0.15, -0.1) is 0 Å². The molecule has 0 aromatic heterocycles. The SMILES string of the molecule is CCCC(CC)CCC(=O)NCCN.NCCNC(=O)CCCCCC(=O)NCCN. The van der Waals surface area contributed by atoms with Crippen molar-refractivity contribution in [1.82, 2.24) is 16.0 Å². The molecule has 1 atom stereocenters. The lowest BCUT2D eigenvalue weighted by Crippen LogP contribution is -2.29. The number of unbranched alkanes of at least 4 members (excludes halogenated alkanes) is 2. The summed E-state index contributed by atoms with van der Waals surface area (Å²) in [6, 6.07) is 0. The lowest BCUT2D eigenvalue weighted by atomic mass is 9.95. The van der Waals surface area contributed by atoms with Crippen LogP contribution in [0.3, 0.4) is 0 Å². The van der Waals surface area contributed by atoms with Gasteiger partial charge in [0.1, 0.15) is 0 Å². The van der Waals surface area contributed by atoms with Gasteiger partial charge in [-0.1, -0.05) is 39.5 Å². The molecule has 0 aliphatic heterocycles. The van der Waals surface area contributed by atoms with Crippen molar-refractivity contribution < 1.29 is 14.4 Å². The second-order valence-corrected chi connectivity index (χ2v) is 7.58. The number of carbonyl (C=O) groups is 3. The molecule has 0 aliphatic rings. The van der Waals surface area contributed by atoms with Crippen molar-refractivity contribution in [3.05, 3.63) is 0 Å². The van der Waals surface area contributed by atoms with Gasteiger partial charge in [-0.25, -0.2) is 0 Å². The maximum absolute atomic E-state index is 11.3. The van der Waals surface area contributed by atoms with E-state index in [1.807, 2.05) is 0 Å². The highest BCUT2D eigenvalue weighted by Crippen LogP contribution is 2.16. The summed E-state index contributed by atoms with van der Waals surface area (Å²) < 4.78 is 0. The van der Waals surface area contributed by atoms with E-state index in [2.05, 4.69) is 29.8 Å². The van der Waals surface area contributed by atoms with E-state index in [9.17, 15) is 14.4 Å². The molecular weight excluding hydrogens is 396 g/mol. The molecule has 9 nitrogen and oxygen atoms in total. The summed E-state index contributed by atoms with van der Waals surface area (Å²) in [5, 5.41) is 8.20. The molecule has 0 saturated heterocycles. The van der Waals surface area contributed by atoms with Crippen LogP contribution in [0.1, 0.15) is 78.1 Å². The fraction of sp³-hybridized carbons (Fsp3) is 0.864. The first-order chi connectivity index (χ1) is 14.9. The average Bonchev–Trinajstić information content (AvgIpc) is 2.77. The van der Waals surface area contributed by atoms with Crippen LogP contribution in [0, 0.1) is 5.92 Å². The Kier molecular flexibility index (Phi) is 24.9. The van der Waals surface area contributed by atoms with Crippen molar-refractivity contribution in [3.8, 4) is 0 Å². The van der Waals surface area contributed by atoms with Gasteiger partial charge in [0.25, 0.3) is 0 Å². The van der Waals surface area contributed by atoms with Gasteiger partial charge in [-0.2, -0.15) is 0 Å². The van der Waals surface area contributed by atoms with Gasteiger partial charge in [0.15, 0.2) is 0 Å². The molecule has 0 radical (unpaired) electrons. The molecule has 1 unspecified atom stereocenters. The second kappa shape index (κ2) is 24.6. The van der Waals surface area contributed by atoms with E-state index >= 15 is 0 Å². The van der Waals surface area contributed by atoms with Crippen LogP contribution < -0.4 is 33.2 Å². The summed E-state index contributed by atoms with van der Waals surface area (Å²) >= 11 is 0. The maximum atomic E-state index is 11.3. The third-order valence-electron chi connectivity index (χ3n) is 4.76. The first-order valence-electron chi connectivity index (χ1n) is 11.8. The van der Waals surface area contributed by atoms with Crippen LogP contribution in [0.15, 0.2) is 0 Å². The predicted octanol–water partition coefficient (Wildman–Crippen LogP) is 0.755. The van der Waals surface area contributed by atoms with Gasteiger partial charge in [0.2, 0.25) is 17.7 Å². The zero-order chi connectivity index (χ0) is 23.7. The standard InChI is InChI=1S/C11H24N4O2.C11H24N2O/c12-6-8-14-10(16)4-2-1-3-5-11(17)15-9-7-13;1-3-5-10(4-2)6-7-11(14)13-9-8-12/h1-9,12-13H2,(H,14,16)(H,15,17);10H,3-9,12H2,1-2H3,(H,13,14). The Labute approximate surface area is 189 Å². The smallest absolute Gasteiger partial charge is 0.220 e. The molecule has 31 heavy (non-hydrogen) atoms. The largest absolute Gasteiger partial charge is 0.355 e. The zero-order valence-corrected chi connectivity index (χ0v) is 19.8. The van der Waals surface area contributed by atoms with Crippen LogP contribution in [-0.2, 0) is 14.4 Å². The number of amides is 3. The van der Waals surface area contributed by atoms with E-state index in [1.54, 1.807) is 0 Å². The average molecular weight is 445 g/mol. The molecule has 9 heteroatoms. The minimum absolute atomic E-state index is 0.0306. The first-order valence-corrected chi connectivity index (χ1v) is 11.8. The molecule has 0 spiro atoms. The molecule has 3 amide bonds. The van der Waals surface area contributed by atoms with Crippen LogP contribution >= 0.6 is 0 Å². The van der Waals surface area contributed by atoms with Gasteiger partial charge < -0.3 is 33.2 Å². The van der Waals surface area contributed by atoms with E-state index in [4.69, 9.17) is 17.2 Å². The van der Waals surface area contributed by atoms with Gasteiger partial charge >= 0.3 is 0 Å². The zero-order valence-electron chi connectivity index (χ0n) is 19.8. The molecule has 0 aromatic carbocycles. The second-order valence-electron chi connectivity index (χ2n) is 7.58. The molecule has 0 aromatic rings. The van der Waals surface area contributed by atoms with E-state index in [0.29, 0.717) is 64.4 Å². The summed E-state index contributed by atoms with van der Waals surface area (Å²) in [4.78, 5) is 33.6. The Morgan fingerprint density at radius 3 is 1.42 bits per heavy atom. The summed E-state index contributed by atoms with van der Waals surface area (Å²) in [5.74, 6) is 0.916. The minimum atomic E-state index is 0.0306. The predicted molar refractivity (Wildman–Crippen MR) is 127 cm³/mol. The number of nitrogens with two attached hydrogens (primary N) is 3. The van der Waals surface area contributed by atoms with Crippen molar-refractivity contribution in [3.63, 3.8) is 0 Å². The van der Waals surface area contributed by atoms with Crippen LogP contribution in [-0.4, -0.2) is 57.0 Å². The number of hydrogen-bond donors (Lipinski definition) is 6. The summed E-state index contributed by atoms with van der Waals surface area (Å²) in [7, 11) is 0. The van der Waals surface area contributed by atoms with Crippen molar-refractivity contribution in [1.29, 1.82) is 0 Å². The molecule has 0 aliphatic carbocycles. The Morgan fingerprint density at radius 1 is 0.645 bits per heavy atom. The Balaban J connectivity index is 0. The van der Waals surface area contributed by atoms with Gasteiger partial charge in [0, 0.05) is 58.5 Å². The summed E-state index contributed by atoms with van der Waals surface area (Å²) in [6.45, 7) is 7.50. The van der Waals surface area contributed by atoms with Gasteiger partial charge in [-0.3, -0.25) is 14.4 Å². The van der Waals surface area contributed by atoms with Gasteiger partial charge in [0.05, 0.1) is 0 Å². The normalized spacial score (nSPS) is 11.1. The first kappa shape index (κ1) is 31.5. The molecule has 0 bridgehead atoms. The highest BCUT2D eigenvalue weighted by atomic mass is 16.2. The molecule has 9 N–H and O–H groups in total. The fourth-order valence-corrected chi connectivity index (χ4v) is 2.94. The van der Waals surface area contributed by atoms with Crippen LogP contribution in [0.25, 0.3) is 0 Å². The third kappa shape index (κ3) is 24.4. The third-order valence-corrected chi connectivity index (χ3v) is 4.76. The molecular formula is C22H48N6O3. The fourth-order valence-electron chi connectivity index (χ4n) is 2.94. The molecule has 0 heterocycles. The van der Waals surface area contributed by atoms with Crippen LogP contribution in [0.2, 0.25) is 0 Å². The van der Waals surface area contributed by atoms with E-state index in [0.717, 1.165) is 25.7 Å². The van der Waals surface area contributed by atoms with Crippen molar-refractivity contribution in [2.75, 3.05) is 39.3 Å². The van der Waals surface area contributed by atoms with Crippen molar-refractivity contribution >= 4 is 17.7 Å². The Morgan fingerprint density at radius 2 is 1.06 bits per heavy atom. The highest BCUT2D eigenvalue weighted by Gasteiger charge is 2.08. The lowest BCUT2D eigenvalue weighted by molar-refractivity contribution is -0.122. The van der Waals surface area contributed by atoms with Gasteiger partial charge in [-0.05, 0) is 25.2 Å². The number of nitrogens with one attached hydrogen (secondary N) is 3. The molecule has 184 valence electrons. The molecule has 0 saturated carbocycles. The van der Waals surface area contributed by atoms with Crippen molar-refractivity contribution in [2.45, 2.75) is 78.1 Å². The van der Waals surface area contributed by atoms with E-state index in [-0.39, 0.29) is 17.7 Å². The number of carbonyl (C=O) groups excluding carboxylic acids is 3. The Bertz CT molecular complexity index is 427. The Hall–Kier alpha value is -1.71. The number of hydrogen-bond acceptors (Lipinski definition) is 6.